The van der Waals surface area contributed by atoms with Gasteiger partial charge in [-0.15, -0.1) is 0 Å². The summed E-state index contributed by atoms with van der Waals surface area (Å²) < 4.78 is 7.21. The van der Waals surface area contributed by atoms with Crippen LogP contribution in [-0.4, -0.2) is 29.0 Å². The van der Waals surface area contributed by atoms with Crippen LogP contribution in [0.15, 0.2) is 24.3 Å². The van der Waals surface area contributed by atoms with E-state index in [0.29, 0.717) is 18.0 Å². The molecule has 0 fully saturated rings. The molecule has 24 heavy (non-hydrogen) atoms. The van der Waals surface area contributed by atoms with Crippen molar-refractivity contribution < 1.29 is 4.74 Å². The predicted octanol–water partition coefficient (Wildman–Crippen LogP) is 3.76. The maximum absolute atomic E-state index is 5.24. The smallest absolute Gasteiger partial charge is 0.118 e. The van der Waals surface area contributed by atoms with Gasteiger partial charge < -0.3 is 10.1 Å². The highest BCUT2D eigenvalue weighted by Gasteiger charge is 2.18. The summed E-state index contributed by atoms with van der Waals surface area (Å²) in [4.78, 5) is 0. The molecule has 0 aliphatic carbocycles. The van der Waals surface area contributed by atoms with Gasteiger partial charge in [0.25, 0.3) is 0 Å². The zero-order valence-electron chi connectivity index (χ0n) is 16.1. The Labute approximate surface area is 146 Å². The van der Waals surface area contributed by atoms with Crippen LogP contribution in [0.5, 0.6) is 5.75 Å². The van der Waals surface area contributed by atoms with Crippen molar-refractivity contribution in [2.24, 2.45) is 7.05 Å². The molecular formula is C20H31N3O. The van der Waals surface area contributed by atoms with Crippen LogP contribution in [0.1, 0.15) is 49.2 Å². The molecule has 1 aromatic heterocycles. The van der Waals surface area contributed by atoms with E-state index >= 15 is 0 Å². The normalized spacial score (nSPS) is 15.1. The van der Waals surface area contributed by atoms with Gasteiger partial charge in [-0.3, -0.25) is 4.68 Å². The lowest BCUT2D eigenvalue weighted by Crippen LogP contribution is -2.39. The van der Waals surface area contributed by atoms with Crippen molar-refractivity contribution in [2.45, 2.75) is 59.0 Å². The number of ether oxygens (including phenoxy) is 1. The molecule has 4 nitrogen and oxygen atoms in total. The number of hydrogen-bond donors (Lipinski definition) is 1. The molecule has 2 rings (SSSR count). The van der Waals surface area contributed by atoms with E-state index in [1.165, 1.54) is 16.8 Å². The van der Waals surface area contributed by atoms with Gasteiger partial charge in [0.15, 0.2) is 0 Å². The lowest BCUT2D eigenvalue weighted by Gasteiger charge is -2.26. The Bertz CT molecular complexity index is 660. The molecule has 1 heterocycles. The largest absolute Gasteiger partial charge is 0.497 e. The van der Waals surface area contributed by atoms with Crippen LogP contribution in [0.4, 0.5) is 0 Å². The first-order valence-electron chi connectivity index (χ1n) is 8.72. The summed E-state index contributed by atoms with van der Waals surface area (Å²) in [6.45, 7) is 11.0. The highest BCUT2D eigenvalue weighted by atomic mass is 16.5. The first-order chi connectivity index (χ1) is 11.3. The van der Waals surface area contributed by atoms with E-state index in [1.54, 1.807) is 7.11 Å². The average Bonchev–Trinajstić information content (AvgIpc) is 2.80. The molecule has 4 heteroatoms. The Morgan fingerprint density at radius 3 is 2.25 bits per heavy atom. The molecule has 0 radical (unpaired) electrons. The molecule has 0 aliphatic heterocycles. The van der Waals surface area contributed by atoms with Crippen molar-refractivity contribution in [1.82, 2.24) is 15.1 Å². The van der Waals surface area contributed by atoms with Crippen LogP contribution in [0, 0.1) is 13.8 Å². The van der Waals surface area contributed by atoms with Crippen LogP contribution in [0.3, 0.4) is 0 Å². The average molecular weight is 329 g/mol. The number of aromatic nitrogens is 2. The summed E-state index contributed by atoms with van der Waals surface area (Å²) >= 11 is 0. The van der Waals surface area contributed by atoms with Crippen LogP contribution in [0.25, 0.3) is 0 Å². The van der Waals surface area contributed by atoms with Gasteiger partial charge >= 0.3 is 0 Å². The van der Waals surface area contributed by atoms with Crippen molar-refractivity contribution in [3.05, 3.63) is 46.8 Å². The molecule has 3 atom stereocenters. The number of hydrogen-bond acceptors (Lipinski definition) is 3. The predicted molar refractivity (Wildman–Crippen MR) is 99.9 cm³/mol. The SMILES string of the molecule is COc1ccc([C@H](C)[C@@H](C)N[C@@H](C)Cc2c(C)nn(C)c2C)cc1. The van der Waals surface area contributed by atoms with Gasteiger partial charge in [-0.05, 0) is 63.3 Å². The first kappa shape index (κ1) is 18.5. The number of methoxy groups -OCH3 is 1. The standard InChI is InChI=1S/C20H31N3O/c1-13(12-20-16(4)22-23(6)17(20)5)21-15(3)14(2)18-8-10-19(24-7)11-9-18/h8-11,13-15,21H,12H2,1-7H3/t13-,14+,15+/m0/s1. The fourth-order valence-corrected chi connectivity index (χ4v) is 3.27. The fraction of sp³-hybridized carbons (Fsp3) is 0.550. The second kappa shape index (κ2) is 7.84. The minimum absolute atomic E-state index is 0.394. The summed E-state index contributed by atoms with van der Waals surface area (Å²) in [6.07, 6.45) is 1.01. The van der Waals surface area contributed by atoms with Crippen molar-refractivity contribution in [1.29, 1.82) is 0 Å². The number of nitrogens with one attached hydrogen (secondary N) is 1. The molecule has 0 saturated carbocycles. The van der Waals surface area contributed by atoms with Crippen LogP contribution in [-0.2, 0) is 13.5 Å². The molecule has 132 valence electrons. The quantitative estimate of drug-likeness (QED) is 0.841. The van der Waals surface area contributed by atoms with Gasteiger partial charge in [0, 0.05) is 24.8 Å². The van der Waals surface area contributed by atoms with Gasteiger partial charge in [-0.1, -0.05) is 19.1 Å². The Morgan fingerprint density at radius 1 is 1.12 bits per heavy atom. The van der Waals surface area contributed by atoms with Crippen molar-refractivity contribution in [2.75, 3.05) is 7.11 Å². The lowest BCUT2D eigenvalue weighted by molar-refractivity contribution is 0.411. The molecule has 0 unspecified atom stereocenters. The maximum Gasteiger partial charge on any atom is 0.118 e. The molecule has 0 saturated heterocycles. The Kier molecular flexibility index (Phi) is 6.05. The minimum Gasteiger partial charge on any atom is -0.497 e. The minimum atomic E-state index is 0.394. The highest BCUT2D eigenvalue weighted by Crippen LogP contribution is 2.23. The van der Waals surface area contributed by atoms with E-state index < -0.39 is 0 Å². The van der Waals surface area contributed by atoms with Gasteiger partial charge in [-0.2, -0.15) is 5.10 Å². The monoisotopic (exact) mass is 329 g/mol. The zero-order chi connectivity index (χ0) is 17.9. The Hall–Kier alpha value is -1.81. The summed E-state index contributed by atoms with van der Waals surface area (Å²) in [5.41, 5.74) is 5.09. The summed E-state index contributed by atoms with van der Waals surface area (Å²) in [7, 11) is 3.71. The third-order valence-corrected chi connectivity index (χ3v) is 5.11. The maximum atomic E-state index is 5.24. The van der Waals surface area contributed by atoms with Gasteiger partial charge in [0.2, 0.25) is 0 Å². The number of aryl methyl sites for hydroxylation is 2. The van der Waals surface area contributed by atoms with Gasteiger partial charge in [0.05, 0.1) is 12.8 Å². The van der Waals surface area contributed by atoms with E-state index in [4.69, 9.17) is 4.74 Å². The second-order valence-corrected chi connectivity index (χ2v) is 6.90. The van der Waals surface area contributed by atoms with Gasteiger partial charge in [0.1, 0.15) is 5.75 Å². The highest BCUT2D eigenvalue weighted by molar-refractivity contribution is 5.30. The fourth-order valence-electron chi connectivity index (χ4n) is 3.27. The molecule has 0 amide bonds. The number of nitrogens with zero attached hydrogens (tertiary/aromatic N) is 2. The summed E-state index contributed by atoms with van der Waals surface area (Å²) in [5.74, 6) is 1.34. The lowest BCUT2D eigenvalue weighted by atomic mass is 9.93. The van der Waals surface area contributed by atoms with Crippen molar-refractivity contribution in [3.63, 3.8) is 0 Å². The second-order valence-electron chi connectivity index (χ2n) is 6.90. The number of rotatable bonds is 7. The Morgan fingerprint density at radius 2 is 1.75 bits per heavy atom. The van der Waals surface area contributed by atoms with E-state index in [-0.39, 0.29) is 0 Å². The van der Waals surface area contributed by atoms with Crippen LogP contribution < -0.4 is 10.1 Å². The topological polar surface area (TPSA) is 39.1 Å². The van der Waals surface area contributed by atoms with E-state index in [0.717, 1.165) is 17.9 Å². The third-order valence-electron chi connectivity index (χ3n) is 5.11. The molecular weight excluding hydrogens is 298 g/mol. The first-order valence-corrected chi connectivity index (χ1v) is 8.72. The van der Waals surface area contributed by atoms with Crippen molar-refractivity contribution >= 4 is 0 Å². The molecule has 0 spiro atoms. The van der Waals surface area contributed by atoms with Crippen LogP contribution in [0.2, 0.25) is 0 Å². The molecule has 0 bridgehead atoms. The Balaban J connectivity index is 1.98. The molecule has 1 N–H and O–H groups in total. The van der Waals surface area contributed by atoms with E-state index in [1.807, 2.05) is 23.9 Å². The summed E-state index contributed by atoms with van der Waals surface area (Å²) in [5, 5.41) is 8.27. The van der Waals surface area contributed by atoms with Crippen molar-refractivity contribution in [3.8, 4) is 5.75 Å². The van der Waals surface area contributed by atoms with Crippen LogP contribution >= 0.6 is 0 Å². The molecule has 0 aliphatic rings. The van der Waals surface area contributed by atoms with E-state index in [9.17, 15) is 0 Å². The molecule has 2 aromatic rings. The zero-order valence-corrected chi connectivity index (χ0v) is 16.1. The van der Waals surface area contributed by atoms with Gasteiger partial charge in [-0.25, -0.2) is 0 Å². The summed E-state index contributed by atoms with van der Waals surface area (Å²) in [6, 6.07) is 9.17. The third kappa shape index (κ3) is 4.18. The number of benzene rings is 1. The molecule has 1 aromatic carbocycles. The van der Waals surface area contributed by atoms with E-state index in [2.05, 4.69) is 57.2 Å².